The van der Waals surface area contributed by atoms with Gasteiger partial charge in [-0.25, -0.2) is 4.98 Å². The molecule has 0 radical (unpaired) electrons. The normalized spacial score (nSPS) is 12.5. The van der Waals surface area contributed by atoms with E-state index in [2.05, 4.69) is 9.97 Å². The van der Waals surface area contributed by atoms with Gasteiger partial charge in [0, 0.05) is 6.04 Å². The largest absolute Gasteiger partial charge is 0.496 e. The van der Waals surface area contributed by atoms with Gasteiger partial charge in [0.15, 0.2) is 0 Å². The summed E-state index contributed by atoms with van der Waals surface area (Å²) in [6.07, 6.45) is 1.77. The molecule has 3 N–H and O–H groups in total. The highest BCUT2D eigenvalue weighted by molar-refractivity contribution is 5.65. The molecule has 2 aromatic rings. The Bertz CT molecular complexity index is 517. The minimum atomic E-state index is -0.0490. The van der Waals surface area contributed by atoms with Crippen LogP contribution >= 0.6 is 0 Å². The monoisotopic (exact) mass is 231 g/mol. The third-order valence-corrected chi connectivity index (χ3v) is 2.70. The summed E-state index contributed by atoms with van der Waals surface area (Å²) in [6.45, 7) is 3.96. The zero-order valence-corrected chi connectivity index (χ0v) is 10.3. The highest BCUT2D eigenvalue weighted by Crippen LogP contribution is 2.29. The fourth-order valence-electron chi connectivity index (χ4n) is 1.71. The first-order valence-corrected chi connectivity index (χ1v) is 5.57. The van der Waals surface area contributed by atoms with Crippen molar-refractivity contribution < 1.29 is 4.74 Å². The Morgan fingerprint density at radius 1 is 1.41 bits per heavy atom. The second-order valence-corrected chi connectivity index (χ2v) is 4.18. The summed E-state index contributed by atoms with van der Waals surface area (Å²) < 4.78 is 5.33. The van der Waals surface area contributed by atoms with Crippen LogP contribution in [0, 0.1) is 6.92 Å². The maximum atomic E-state index is 5.80. The van der Waals surface area contributed by atoms with Crippen molar-refractivity contribution in [3.05, 3.63) is 35.7 Å². The van der Waals surface area contributed by atoms with Gasteiger partial charge in [-0.1, -0.05) is 11.6 Å². The maximum absolute atomic E-state index is 5.80. The van der Waals surface area contributed by atoms with Crippen LogP contribution in [0.15, 0.2) is 24.4 Å². The van der Waals surface area contributed by atoms with E-state index in [0.29, 0.717) is 0 Å². The molecule has 1 aromatic carbocycles. The van der Waals surface area contributed by atoms with Crippen molar-refractivity contribution in [3.63, 3.8) is 0 Å². The standard InChI is InChI=1S/C13H17N3O/c1-8-4-5-12(17-3)10(6-8)13-15-7-11(16-13)9(2)14/h4-7,9H,14H2,1-3H3,(H,15,16)/t9-/m0/s1. The fraction of sp³-hybridized carbons (Fsp3) is 0.308. The van der Waals surface area contributed by atoms with Crippen LogP contribution in [0.2, 0.25) is 0 Å². The van der Waals surface area contributed by atoms with Crippen molar-refractivity contribution in [1.29, 1.82) is 0 Å². The Morgan fingerprint density at radius 2 is 2.18 bits per heavy atom. The van der Waals surface area contributed by atoms with Crippen LogP contribution in [-0.4, -0.2) is 17.1 Å². The highest BCUT2D eigenvalue weighted by atomic mass is 16.5. The molecule has 90 valence electrons. The number of H-pyrrole nitrogens is 1. The van der Waals surface area contributed by atoms with E-state index in [1.165, 1.54) is 5.56 Å². The Labute approximate surface area is 101 Å². The van der Waals surface area contributed by atoms with E-state index in [1.54, 1.807) is 13.3 Å². The van der Waals surface area contributed by atoms with Gasteiger partial charge in [-0.05, 0) is 26.0 Å². The van der Waals surface area contributed by atoms with Crippen LogP contribution < -0.4 is 10.5 Å². The number of nitrogens with zero attached hydrogens (tertiary/aromatic N) is 1. The summed E-state index contributed by atoms with van der Waals surface area (Å²) in [5, 5.41) is 0. The van der Waals surface area contributed by atoms with Crippen molar-refractivity contribution in [2.75, 3.05) is 7.11 Å². The predicted octanol–water partition coefficient (Wildman–Crippen LogP) is 2.41. The van der Waals surface area contributed by atoms with Gasteiger partial charge >= 0.3 is 0 Å². The van der Waals surface area contributed by atoms with Crippen molar-refractivity contribution in [2.24, 2.45) is 5.73 Å². The number of rotatable bonds is 3. The Morgan fingerprint density at radius 3 is 2.76 bits per heavy atom. The van der Waals surface area contributed by atoms with Crippen LogP contribution in [0.4, 0.5) is 0 Å². The first-order valence-electron chi connectivity index (χ1n) is 5.57. The third-order valence-electron chi connectivity index (χ3n) is 2.70. The van der Waals surface area contributed by atoms with Gasteiger partial charge in [-0.15, -0.1) is 0 Å². The van der Waals surface area contributed by atoms with Crippen molar-refractivity contribution in [3.8, 4) is 17.1 Å². The number of benzene rings is 1. The first-order chi connectivity index (χ1) is 8.11. The molecule has 0 aliphatic heterocycles. The number of aryl methyl sites for hydroxylation is 1. The molecule has 0 unspecified atom stereocenters. The summed E-state index contributed by atoms with van der Waals surface area (Å²) >= 11 is 0. The van der Waals surface area contributed by atoms with Gasteiger partial charge in [0.25, 0.3) is 0 Å². The molecule has 4 nitrogen and oxygen atoms in total. The quantitative estimate of drug-likeness (QED) is 0.852. The number of imidazole rings is 1. The Kier molecular flexibility index (Phi) is 3.15. The zero-order chi connectivity index (χ0) is 12.4. The lowest BCUT2D eigenvalue weighted by Crippen LogP contribution is -2.04. The van der Waals surface area contributed by atoms with Gasteiger partial charge in [0.05, 0.1) is 24.6 Å². The second-order valence-electron chi connectivity index (χ2n) is 4.18. The van der Waals surface area contributed by atoms with Crippen molar-refractivity contribution in [1.82, 2.24) is 9.97 Å². The van der Waals surface area contributed by atoms with Gasteiger partial charge < -0.3 is 15.5 Å². The van der Waals surface area contributed by atoms with E-state index < -0.39 is 0 Å². The van der Waals surface area contributed by atoms with Crippen LogP contribution in [-0.2, 0) is 0 Å². The number of ether oxygens (including phenoxy) is 1. The molecule has 1 aromatic heterocycles. The zero-order valence-electron chi connectivity index (χ0n) is 10.3. The molecule has 0 saturated heterocycles. The fourth-order valence-corrected chi connectivity index (χ4v) is 1.71. The van der Waals surface area contributed by atoms with Crippen LogP contribution in [0.25, 0.3) is 11.4 Å². The summed E-state index contributed by atoms with van der Waals surface area (Å²) in [4.78, 5) is 7.56. The first kappa shape index (κ1) is 11.7. The molecule has 0 bridgehead atoms. The van der Waals surface area contributed by atoms with Gasteiger partial charge in [-0.2, -0.15) is 0 Å². The molecule has 2 rings (SSSR count). The lowest BCUT2D eigenvalue weighted by Gasteiger charge is -2.07. The smallest absolute Gasteiger partial charge is 0.141 e. The molecule has 4 heteroatoms. The highest BCUT2D eigenvalue weighted by Gasteiger charge is 2.11. The maximum Gasteiger partial charge on any atom is 0.141 e. The Hall–Kier alpha value is -1.81. The summed E-state index contributed by atoms with van der Waals surface area (Å²) in [5.74, 6) is 1.60. The minimum absolute atomic E-state index is 0.0490. The number of nitrogens with two attached hydrogens (primary N) is 1. The van der Waals surface area contributed by atoms with E-state index in [1.807, 2.05) is 32.0 Å². The number of nitrogens with one attached hydrogen (secondary N) is 1. The van der Waals surface area contributed by atoms with Crippen molar-refractivity contribution in [2.45, 2.75) is 19.9 Å². The average molecular weight is 231 g/mol. The molecule has 0 fully saturated rings. The molecule has 0 aliphatic carbocycles. The molecule has 0 amide bonds. The SMILES string of the molecule is COc1ccc(C)cc1-c1ncc([C@H](C)N)[nH]1. The van der Waals surface area contributed by atoms with Gasteiger partial charge in [-0.3, -0.25) is 0 Å². The average Bonchev–Trinajstić information content (AvgIpc) is 2.78. The predicted molar refractivity (Wildman–Crippen MR) is 67.9 cm³/mol. The number of hydrogen-bond donors (Lipinski definition) is 2. The third kappa shape index (κ3) is 2.31. The summed E-state index contributed by atoms with van der Waals surface area (Å²) in [6, 6.07) is 5.95. The second kappa shape index (κ2) is 4.59. The van der Waals surface area contributed by atoms with Crippen LogP contribution in [0.1, 0.15) is 24.2 Å². The van der Waals surface area contributed by atoms with E-state index >= 15 is 0 Å². The van der Waals surface area contributed by atoms with Crippen LogP contribution in [0.3, 0.4) is 0 Å². The lowest BCUT2D eigenvalue weighted by atomic mass is 10.1. The number of methoxy groups -OCH3 is 1. The number of aromatic nitrogens is 2. The summed E-state index contributed by atoms with van der Waals surface area (Å²) in [7, 11) is 1.66. The summed E-state index contributed by atoms with van der Waals surface area (Å²) in [5.41, 5.74) is 8.85. The lowest BCUT2D eigenvalue weighted by molar-refractivity contribution is 0.416. The molecule has 1 atom stereocenters. The van der Waals surface area contributed by atoms with E-state index in [9.17, 15) is 0 Å². The molecule has 17 heavy (non-hydrogen) atoms. The number of hydrogen-bond acceptors (Lipinski definition) is 3. The van der Waals surface area contributed by atoms with Crippen molar-refractivity contribution >= 4 is 0 Å². The minimum Gasteiger partial charge on any atom is -0.496 e. The molecular weight excluding hydrogens is 214 g/mol. The number of aromatic amines is 1. The topological polar surface area (TPSA) is 63.9 Å². The van der Waals surface area contributed by atoms with Gasteiger partial charge in [0.1, 0.15) is 11.6 Å². The van der Waals surface area contributed by atoms with Gasteiger partial charge in [0.2, 0.25) is 0 Å². The van der Waals surface area contributed by atoms with E-state index in [-0.39, 0.29) is 6.04 Å². The van der Waals surface area contributed by atoms with E-state index in [0.717, 1.165) is 22.8 Å². The van der Waals surface area contributed by atoms with E-state index in [4.69, 9.17) is 10.5 Å². The Balaban J connectivity index is 2.47. The molecule has 0 spiro atoms. The molecule has 1 heterocycles. The molecule has 0 aliphatic rings. The molecular formula is C13H17N3O. The molecule has 0 saturated carbocycles. The van der Waals surface area contributed by atoms with Crippen LogP contribution in [0.5, 0.6) is 5.75 Å².